The van der Waals surface area contributed by atoms with E-state index in [9.17, 15) is 4.79 Å². The molecule has 0 radical (unpaired) electrons. The number of nitrogens with one attached hydrogen (secondary N) is 1. The number of amides is 1. The lowest BCUT2D eigenvalue weighted by Gasteiger charge is -2.37. The highest BCUT2D eigenvalue weighted by atomic mass is 16.5. The summed E-state index contributed by atoms with van der Waals surface area (Å²) in [6, 6.07) is 7.85. The zero-order chi connectivity index (χ0) is 17.0. The lowest BCUT2D eigenvalue weighted by Crippen LogP contribution is -2.53. The second-order valence-corrected chi connectivity index (χ2v) is 7.27. The highest BCUT2D eigenvalue weighted by Crippen LogP contribution is 2.32. The first-order chi connectivity index (χ1) is 10.8. The number of rotatable bonds is 5. The van der Waals surface area contributed by atoms with Crippen molar-refractivity contribution in [3.63, 3.8) is 0 Å². The Hall–Kier alpha value is -1.55. The summed E-state index contributed by atoms with van der Waals surface area (Å²) in [5.74, 6) is 0.797. The van der Waals surface area contributed by atoms with Gasteiger partial charge in [-0.25, -0.2) is 0 Å². The molecule has 0 aromatic heterocycles. The number of hydrogen-bond acceptors (Lipinski definition) is 3. The predicted molar refractivity (Wildman–Crippen MR) is 93.3 cm³/mol. The van der Waals surface area contributed by atoms with Crippen LogP contribution >= 0.6 is 0 Å². The van der Waals surface area contributed by atoms with Crippen molar-refractivity contribution in [1.29, 1.82) is 0 Å². The summed E-state index contributed by atoms with van der Waals surface area (Å²) < 4.78 is 5.73. The number of hydrogen-bond donors (Lipinski definition) is 2. The Labute approximate surface area is 139 Å². The first-order valence-electron chi connectivity index (χ1n) is 8.65. The number of benzene rings is 1. The van der Waals surface area contributed by atoms with E-state index in [1.54, 1.807) is 0 Å². The normalized spacial score (nSPS) is 25.9. The molecule has 1 amide bonds. The van der Waals surface area contributed by atoms with Crippen LogP contribution < -0.4 is 15.8 Å². The first kappa shape index (κ1) is 17.8. The molecule has 4 nitrogen and oxygen atoms in total. The largest absolute Gasteiger partial charge is 0.491 e. The van der Waals surface area contributed by atoms with Crippen LogP contribution in [0.5, 0.6) is 5.75 Å². The van der Waals surface area contributed by atoms with Gasteiger partial charge in [0.25, 0.3) is 0 Å². The second kappa shape index (κ2) is 7.35. The molecule has 23 heavy (non-hydrogen) atoms. The zero-order valence-corrected chi connectivity index (χ0v) is 14.8. The molecule has 3 N–H and O–H groups in total. The molecular weight excluding hydrogens is 288 g/mol. The third-order valence-electron chi connectivity index (χ3n) is 4.66. The van der Waals surface area contributed by atoms with Crippen molar-refractivity contribution in [1.82, 2.24) is 5.32 Å². The summed E-state index contributed by atoms with van der Waals surface area (Å²) in [5.41, 5.74) is 6.98. The van der Waals surface area contributed by atoms with Gasteiger partial charge in [0, 0.05) is 5.54 Å². The molecule has 0 heterocycles. The van der Waals surface area contributed by atoms with E-state index in [4.69, 9.17) is 10.5 Å². The van der Waals surface area contributed by atoms with E-state index in [1.165, 1.54) is 0 Å². The topological polar surface area (TPSA) is 64.3 Å². The van der Waals surface area contributed by atoms with Gasteiger partial charge in [-0.1, -0.05) is 25.0 Å². The first-order valence-corrected chi connectivity index (χ1v) is 8.65. The summed E-state index contributed by atoms with van der Waals surface area (Å²) in [4.78, 5) is 12.6. The highest BCUT2D eigenvalue weighted by molar-refractivity contribution is 5.80. The van der Waals surface area contributed by atoms with Gasteiger partial charge < -0.3 is 15.8 Å². The van der Waals surface area contributed by atoms with Crippen molar-refractivity contribution in [3.05, 3.63) is 29.8 Å². The molecule has 128 valence electrons. The average Bonchev–Trinajstić information content (AvgIpc) is 2.46. The van der Waals surface area contributed by atoms with E-state index in [1.807, 2.05) is 52.0 Å². The molecule has 3 unspecified atom stereocenters. The van der Waals surface area contributed by atoms with Gasteiger partial charge >= 0.3 is 0 Å². The minimum Gasteiger partial charge on any atom is -0.491 e. The minimum absolute atomic E-state index is 0.0593. The Morgan fingerprint density at radius 2 is 2.09 bits per heavy atom. The fourth-order valence-corrected chi connectivity index (χ4v) is 3.32. The van der Waals surface area contributed by atoms with Gasteiger partial charge in [-0.15, -0.1) is 0 Å². The zero-order valence-electron chi connectivity index (χ0n) is 14.8. The molecule has 1 fully saturated rings. The monoisotopic (exact) mass is 318 g/mol. The molecule has 1 aromatic rings. The average molecular weight is 318 g/mol. The molecule has 0 saturated heterocycles. The molecule has 0 spiro atoms. The molecule has 2 rings (SSSR count). The lowest BCUT2D eigenvalue weighted by atomic mass is 9.74. The van der Waals surface area contributed by atoms with Crippen LogP contribution in [-0.2, 0) is 4.79 Å². The smallest absolute Gasteiger partial charge is 0.225 e. The number of nitrogens with two attached hydrogens (primary N) is 1. The van der Waals surface area contributed by atoms with Crippen LogP contribution in [0, 0.1) is 5.92 Å². The van der Waals surface area contributed by atoms with Crippen molar-refractivity contribution in [2.75, 3.05) is 0 Å². The molecule has 1 aliphatic carbocycles. The van der Waals surface area contributed by atoms with Gasteiger partial charge in [0.05, 0.1) is 18.1 Å². The molecule has 1 saturated carbocycles. The quantitative estimate of drug-likeness (QED) is 0.872. The van der Waals surface area contributed by atoms with Crippen molar-refractivity contribution in [3.8, 4) is 5.75 Å². The van der Waals surface area contributed by atoms with Crippen molar-refractivity contribution in [2.45, 2.75) is 71.1 Å². The predicted octanol–water partition coefficient (Wildman–Crippen LogP) is 3.56. The van der Waals surface area contributed by atoms with Crippen LogP contribution in [0.4, 0.5) is 0 Å². The number of carbonyl (C=O) groups is 1. The van der Waals surface area contributed by atoms with Crippen LogP contribution in [-0.4, -0.2) is 17.6 Å². The van der Waals surface area contributed by atoms with Gasteiger partial charge in [-0.2, -0.15) is 0 Å². The van der Waals surface area contributed by atoms with E-state index >= 15 is 0 Å². The van der Waals surface area contributed by atoms with E-state index in [-0.39, 0.29) is 24.0 Å². The molecule has 0 aliphatic heterocycles. The molecule has 3 atom stereocenters. The Morgan fingerprint density at radius 1 is 1.35 bits per heavy atom. The van der Waals surface area contributed by atoms with E-state index in [2.05, 4.69) is 5.32 Å². The van der Waals surface area contributed by atoms with Crippen LogP contribution in [0.2, 0.25) is 0 Å². The fourth-order valence-electron chi connectivity index (χ4n) is 3.32. The van der Waals surface area contributed by atoms with Gasteiger partial charge in [-0.05, 0) is 58.2 Å². The van der Waals surface area contributed by atoms with Crippen LogP contribution in [0.1, 0.15) is 65.0 Å². The molecular formula is C19H30N2O2. The van der Waals surface area contributed by atoms with Gasteiger partial charge in [0.1, 0.15) is 5.75 Å². The summed E-state index contributed by atoms with van der Waals surface area (Å²) in [5, 5.41) is 3.13. The lowest BCUT2D eigenvalue weighted by molar-refractivity contribution is -0.128. The van der Waals surface area contributed by atoms with Crippen molar-refractivity contribution in [2.24, 2.45) is 11.7 Å². The summed E-state index contributed by atoms with van der Waals surface area (Å²) in [6.45, 7) is 8.01. The molecule has 1 aliphatic rings. The summed E-state index contributed by atoms with van der Waals surface area (Å²) in [6.07, 6.45) is 4.12. The van der Waals surface area contributed by atoms with E-state index in [0.29, 0.717) is 0 Å². The maximum Gasteiger partial charge on any atom is 0.225 e. The van der Waals surface area contributed by atoms with Crippen LogP contribution in [0.15, 0.2) is 24.3 Å². The third kappa shape index (κ3) is 4.71. The standard InChI is InChI=1S/C19H30N2O2/c1-13(2)23-16-9-7-8-15(12-16)14(3)21-18(22)17-10-5-6-11-19(17,4)20/h7-9,12-14,17H,5-6,10-11,20H2,1-4H3,(H,21,22). The van der Waals surface area contributed by atoms with E-state index in [0.717, 1.165) is 37.0 Å². The molecule has 4 heteroatoms. The van der Waals surface area contributed by atoms with Gasteiger partial charge in [0.15, 0.2) is 0 Å². The summed E-state index contributed by atoms with van der Waals surface area (Å²) in [7, 11) is 0. The minimum atomic E-state index is -0.398. The van der Waals surface area contributed by atoms with Crippen LogP contribution in [0.3, 0.4) is 0 Å². The maximum absolute atomic E-state index is 12.6. The number of carbonyl (C=O) groups excluding carboxylic acids is 1. The maximum atomic E-state index is 12.6. The molecule has 1 aromatic carbocycles. The molecule has 0 bridgehead atoms. The van der Waals surface area contributed by atoms with E-state index < -0.39 is 5.54 Å². The SMILES string of the molecule is CC(C)Oc1cccc(C(C)NC(=O)C2CCCCC2(C)N)c1. The highest BCUT2D eigenvalue weighted by Gasteiger charge is 2.38. The van der Waals surface area contributed by atoms with Gasteiger partial charge in [-0.3, -0.25) is 4.79 Å². The Kier molecular flexibility index (Phi) is 5.69. The Balaban J connectivity index is 2.03. The van der Waals surface area contributed by atoms with Crippen molar-refractivity contribution >= 4 is 5.91 Å². The Bertz CT molecular complexity index is 540. The van der Waals surface area contributed by atoms with Crippen molar-refractivity contribution < 1.29 is 9.53 Å². The van der Waals surface area contributed by atoms with Crippen LogP contribution in [0.25, 0.3) is 0 Å². The third-order valence-corrected chi connectivity index (χ3v) is 4.66. The fraction of sp³-hybridized carbons (Fsp3) is 0.632. The summed E-state index contributed by atoms with van der Waals surface area (Å²) >= 11 is 0. The van der Waals surface area contributed by atoms with Gasteiger partial charge in [0.2, 0.25) is 5.91 Å². The number of ether oxygens (including phenoxy) is 1. The Morgan fingerprint density at radius 3 is 2.74 bits per heavy atom. The second-order valence-electron chi connectivity index (χ2n) is 7.27.